The first kappa shape index (κ1) is 40.0. The molecule has 0 N–H and O–H groups in total. The van der Waals surface area contributed by atoms with Crippen LogP contribution in [0.15, 0.2) is 0 Å². The summed E-state index contributed by atoms with van der Waals surface area (Å²) in [6.07, 6.45) is 43.9. The van der Waals surface area contributed by atoms with E-state index in [2.05, 4.69) is 46.7 Å². The zero-order chi connectivity index (χ0) is 29.5. The Balaban J connectivity index is 3.39. The van der Waals surface area contributed by atoms with Crippen molar-refractivity contribution >= 4 is 0 Å². The Kier molecular flexibility index (Phi) is 31.9. The van der Waals surface area contributed by atoms with Crippen LogP contribution in [0.3, 0.4) is 0 Å². The van der Waals surface area contributed by atoms with Crippen LogP contribution in [0.4, 0.5) is 0 Å². The van der Waals surface area contributed by atoms with Crippen molar-refractivity contribution in [3.63, 3.8) is 0 Å². The van der Waals surface area contributed by atoms with Crippen LogP contribution < -0.4 is 0 Å². The molecule has 40 heavy (non-hydrogen) atoms. The van der Waals surface area contributed by atoms with Gasteiger partial charge in [0.25, 0.3) is 0 Å². The Morgan fingerprint density at radius 2 is 0.450 bits per heavy atom. The van der Waals surface area contributed by atoms with Gasteiger partial charge in [-0.15, -0.1) is 0 Å². The van der Waals surface area contributed by atoms with E-state index in [-0.39, 0.29) is 0 Å². The number of hydrogen-bond acceptors (Lipinski definition) is 1. The lowest BCUT2D eigenvalue weighted by Crippen LogP contribution is -2.27. The Morgan fingerprint density at radius 3 is 0.625 bits per heavy atom. The topological polar surface area (TPSA) is 3.24 Å². The Hall–Kier alpha value is -0.0400. The van der Waals surface area contributed by atoms with Crippen molar-refractivity contribution in [1.82, 2.24) is 4.90 Å². The second-order valence-electron chi connectivity index (χ2n) is 14.8. The van der Waals surface area contributed by atoms with Crippen molar-refractivity contribution in [3.8, 4) is 0 Å². The average molecular weight is 564 g/mol. The second-order valence-corrected chi connectivity index (χ2v) is 14.8. The van der Waals surface area contributed by atoms with Gasteiger partial charge in [-0.2, -0.15) is 0 Å². The molecule has 0 rings (SSSR count). The van der Waals surface area contributed by atoms with Gasteiger partial charge >= 0.3 is 0 Å². The molecular formula is C39H81N. The van der Waals surface area contributed by atoms with E-state index in [1.165, 1.54) is 193 Å². The fourth-order valence-electron chi connectivity index (χ4n) is 6.41. The highest BCUT2D eigenvalue weighted by molar-refractivity contribution is 4.67. The predicted octanol–water partition coefficient (Wildman–Crippen LogP) is 13.9. The molecule has 0 unspecified atom stereocenters. The van der Waals surface area contributed by atoms with Gasteiger partial charge in [0.1, 0.15) is 0 Å². The maximum atomic E-state index is 2.51. The van der Waals surface area contributed by atoms with Crippen molar-refractivity contribution in [3.05, 3.63) is 0 Å². The summed E-state index contributed by atoms with van der Waals surface area (Å²) in [4.78, 5) is 2.51. The van der Waals surface area contributed by atoms with Crippen LogP contribution in [0, 0.1) is 11.8 Å². The normalized spacial score (nSPS) is 12.2. The lowest BCUT2D eigenvalue weighted by atomic mass is 9.98. The lowest BCUT2D eigenvalue weighted by Gasteiger charge is -2.24. The van der Waals surface area contributed by atoms with E-state index in [0.29, 0.717) is 0 Å². The molecule has 0 saturated heterocycles. The first-order chi connectivity index (χ1) is 19.4. The standard InChI is InChI=1S/C39H81N/c1-37(2)33-29-25-21-17-13-9-7-11-15-19-23-27-31-35-39(40(5)6)36-32-28-24-20-16-12-8-10-14-18-22-26-30-34-38(3)4/h37-39H,7-36H2,1-6H3. The number of hydrogen-bond donors (Lipinski definition) is 0. The van der Waals surface area contributed by atoms with Crippen molar-refractivity contribution < 1.29 is 0 Å². The van der Waals surface area contributed by atoms with Crippen molar-refractivity contribution in [1.29, 1.82) is 0 Å². The minimum atomic E-state index is 0.816. The SMILES string of the molecule is CC(C)CCCCCCCCCCCCCCCC(CCCCCCCCCCCCCCCC(C)C)N(C)C. The van der Waals surface area contributed by atoms with Crippen molar-refractivity contribution in [2.75, 3.05) is 14.1 Å². The maximum absolute atomic E-state index is 2.51. The molecule has 0 aliphatic rings. The molecule has 1 heteroatoms. The van der Waals surface area contributed by atoms with Crippen LogP contribution in [0.1, 0.15) is 220 Å². The van der Waals surface area contributed by atoms with Gasteiger partial charge in [0.2, 0.25) is 0 Å². The van der Waals surface area contributed by atoms with Crippen LogP contribution in [0.2, 0.25) is 0 Å². The quantitative estimate of drug-likeness (QED) is 0.0718. The van der Waals surface area contributed by atoms with Crippen LogP contribution in [0.5, 0.6) is 0 Å². The second kappa shape index (κ2) is 31.9. The van der Waals surface area contributed by atoms with E-state index in [1.807, 2.05) is 0 Å². The first-order valence-corrected chi connectivity index (χ1v) is 19.1. The molecule has 0 bridgehead atoms. The monoisotopic (exact) mass is 564 g/mol. The van der Waals surface area contributed by atoms with Gasteiger partial charge in [-0.05, 0) is 38.8 Å². The summed E-state index contributed by atoms with van der Waals surface area (Å²) in [6.45, 7) is 9.40. The molecule has 0 radical (unpaired) electrons. The van der Waals surface area contributed by atoms with E-state index in [1.54, 1.807) is 0 Å². The highest BCUT2D eigenvalue weighted by Crippen LogP contribution is 2.19. The molecule has 0 aromatic rings. The molecule has 0 aliphatic heterocycles. The predicted molar refractivity (Wildman–Crippen MR) is 186 cm³/mol. The summed E-state index contributed by atoms with van der Waals surface area (Å²) in [7, 11) is 4.62. The smallest absolute Gasteiger partial charge is 0.00891 e. The molecular weight excluding hydrogens is 482 g/mol. The Labute approximate surface area is 256 Å². The largest absolute Gasteiger partial charge is 0.306 e. The summed E-state index contributed by atoms with van der Waals surface area (Å²) >= 11 is 0. The molecule has 1 nitrogen and oxygen atoms in total. The van der Waals surface area contributed by atoms with Gasteiger partial charge in [-0.25, -0.2) is 0 Å². The molecule has 0 aromatic heterocycles. The van der Waals surface area contributed by atoms with Crippen molar-refractivity contribution in [2.45, 2.75) is 226 Å². The molecule has 0 heterocycles. The van der Waals surface area contributed by atoms with Gasteiger partial charge in [-0.1, -0.05) is 207 Å². The molecule has 0 saturated carbocycles. The van der Waals surface area contributed by atoms with Gasteiger partial charge in [0.05, 0.1) is 0 Å². The molecule has 242 valence electrons. The van der Waals surface area contributed by atoms with Crippen LogP contribution in [0.25, 0.3) is 0 Å². The van der Waals surface area contributed by atoms with E-state index in [0.717, 1.165) is 17.9 Å². The van der Waals surface area contributed by atoms with E-state index in [4.69, 9.17) is 0 Å². The zero-order valence-electron chi connectivity index (χ0n) is 29.4. The minimum absolute atomic E-state index is 0.816. The van der Waals surface area contributed by atoms with E-state index >= 15 is 0 Å². The fraction of sp³-hybridized carbons (Fsp3) is 1.00. The third kappa shape index (κ3) is 32.5. The fourth-order valence-corrected chi connectivity index (χ4v) is 6.41. The first-order valence-electron chi connectivity index (χ1n) is 19.1. The molecule has 0 atom stereocenters. The summed E-state index contributed by atoms with van der Waals surface area (Å²) in [5.41, 5.74) is 0. The highest BCUT2D eigenvalue weighted by Gasteiger charge is 2.10. The highest BCUT2D eigenvalue weighted by atomic mass is 15.1. The number of unbranched alkanes of at least 4 members (excludes halogenated alkanes) is 24. The lowest BCUT2D eigenvalue weighted by molar-refractivity contribution is 0.251. The van der Waals surface area contributed by atoms with E-state index < -0.39 is 0 Å². The number of nitrogens with zero attached hydrogens (tertiary/aromatic N) is 1. The molecule has 0 aromatic carbocycles. The summed E-state index contributed by atoms with van der Waals surface area (Å²) in [5, 5.41) is 0. The summed E-state index contributed by atoms with van der Waals surface area (Å²) < 4.78 is 0. The maximum Gasteiger partial charge on any atom is 0.00891 e. The third-order valence-corrected chi connectivity index (χ3v) is 9.37. The van der Waals surface area contributed by atoms with Crippen LogP contribution in [-0.2, 0) is 0 Å². The van der Waals surface area contributed by atoms with Crippen molar-refractivity contribution in [2.24, 2.45) is 11.8 Å². The summed E-state index contributed by atoms with van der Waals surface area (Å²) in [6, 6.07) is 0.816. The molecule has 0 fully saturated rings. The van der Waals surface area contributed by atoms with Crippen LogP contribution >= 0.6 is 0 Å². The van der Waals surface area contributed by atoms with Gasteiger partial charge in [0, 0.05) is 6.04 Å². The Bertz CT molecular complexity index is 416. The summed E-state index contributed by atoms with van der Waals surface area (Å²) in [5.74, 6) is 1.78. The molecule has 0 spiro atoms. The number of rotatable bonds is 33. The van der Waals surface area contributed by atoms with Crippen LogP contribution in [-0.4, -0.2) is 25.0 Å². The molecule has 0 aliphatic carbocycles. The van der Waals surface area contributed by atoms with Gasteiger partial charge < -0.3 is 4.90 Å². The Morgan fingerprint density at radius 1 is 0.275 bits per heavy atom. The molecule has 0 amide bonds. The third-order valence-electron chi connectivity index (χ3n) is 9.37. The van der Waals surface area contributed by atoms with Gasteiger partial charge in [0.15, 0.2) is 0 Å². The van der Waals surface area contributed by atoms with Gasteiger partial charge in [-0.3, -0.25) is 0 Å². The van der Waals surface area contributed by atoms with E-state index in [9.17, 15) is 0 Å². The zero-order valence-corrected chi connectivity index (χ0v) is 29.4. The minimum Gasteiger partial charge on any atom is -0.306 e. The average Bonchev–Trinajstić information content (AvgIpc) is 2.91.